The number of para-hydroxylation sites is 2. The monoisotopic (exact) mass is 300 g/mol. The molecule has 0 fully saturated rings. The molecule has 3 nitrogen and oxygen atoms in total. The van der Waals surface area contributed by atoms with Crippen molar-refractivity contribution in [1.29, 1.82) is 0 Å². The van der Waals surface area contributed by atoms with Gasteiger partial charge in [-0.1, -0.05) is 35.9 Å². The van der Waals surface area contributed by atoms with Gasteiger partial charge in [0, 0.05) is 12.1 Å². The highest BCUT2D eigenvalue weighted by molar-refractivity contribution is 6.34. The largest absolute Gasteiger partial charge is 0.377 e. The summed E-state index contributed by atoms with van der Waals surface area (Å²) in [6.45, 7) is 4.75. The molecule has 1 N–H and O–H groups in total. The van der Waals surface area contributed by atoms with E-state index in [1.165, 1.54) is 0 Å². The van der Waals surface area contributed by atoms with Crippen molar-refractivity contribution >= 4 is 28.9 Å². The van der Waals surface area contributed by atoms with Crippen LogP contribution in [-0.2, 0) is 0 Å². The normalized spacial score (nSPS) is 16.0. The molecule has 2 aromatic rings. The first kappa shape index (κ1) is 14.0. The second kappa shape index (κ2) is 5.08. The average Bonchev–Trinajstić information content (AvgIpc) is 2.45. The molecule has 1 heterocycles. The molecular weight excluding hydrogens is 284 g/mol. The third kappa shape index (κ3) is 2.61. The molecule has 0 saturated heterocycles. The van der Waals surface area contributed by atoms with E-state index >= 15 is 0 Å². The lowest BCUT2D eigenvalue weighted by Crippen LogP contribution is -2.50. The maximum absolute atomic E-state index is 12.9. The number of nitrogens with one attached hydrogen (secondary N) is 1. The standard InChI is InChI=1S/C17H17ClN2O/c1-17(2)11-20(15-10-6-5-9-14(15)19-17)16(21)12-7-3-4-8-13(12)18/h3-10,19H,11H2,1-2H3. The summed E-state index contributed by atoms with van der Waals surface area (Å²) in [4.78, 5) is 14.7. The van der Waals surface area contributed by atoms with Crippen LogP contribution in [0.1, 0.15) is 24.2 Å². The third-order valence-corrected chi connectivity index (χ3v) is 3.90. The number of hydrogen-bond donors (Lipinski definition) is 1. The lowest BCUT2D eigenvalue weighted by molar-refractivity contribution is 0.0982. The highest BCUT2D eigenvalue weighted by atomic mass is 35.5. The Morgan fingerprint density at radius 3 is 2.57 bits per heavy atom. The van der Waals surface area contributed by atoms with Gasteiger partial charge in [0.1, 0.15) is 0 Å². The number of amides is 1. The molecule has 0 atom stereocenters. The molecule has 0 saturated carbocycles. The van der Waals surface area contributed by atoms with Crippen molar-refractivity contribution in [1.82, 2.24) is 0 Å². The van der Waals surface area contributed by atoms with Crippen LogP contribution >= 0.6 is 11.6 Å². The molecular formula is C17H17ClN2O. The molecule has 4 heteroatoms. The molecule has 1 aliphatic heterocycles. The quantitative estimate of drug-likeness (QED) is 0.856. The van der Waals surface area contributed by atoms with Crippen LogP contribution in [0.25, 0.3) is 0 Å². The zero-order valence-corrected chi connectivity index (χ0v) is 12.8. The molecule has 21 heavy (non-hydrogen) atoms. The van der Waals surface area contributed by atoms with Crippen LogP contribution in [0.2, 0.25) is 5.02 Å². The van der Waals surface area contributed by atoms with Crippen LogP contribution in [0.15, 0.2) is 48.5 Å². The smallest absolute Gasteiger partial charge is 0.259 e. The summed E-state index contributed by atoms with van der Waals surface area (Å²) >= 11 is 6.17. The van der Waals surface area contributed by atoms with Gasteiger partial charge < -0.3 is 10.2 Å². The predicted molar refractivity (Wildman–Crippen MR) is 87.3 cm³/mol. The minimum Gasteiger partial charge on any atom is -0.377 e. The molecule has 2 aromatic carbocycles. The van der Waals surface area contributed by atoms with Crippen LogP contribution in [0.3, 0.4) is 0 Å². The van der Waals surface area contributed by atoms with Crippen LogP contribution < -0.4 is 10.2 Å². The van der Waals surface area contributed by atoms with Crippen molar-refractivity contribution in [2.45, 2.75) is 19.4 Å². The number of rotatable bonds is 1. The van der Waals surface area contributed by atoms with Gasteiger partial charge in [-0.2, -0.15) is 0 Å². The van der Waals surface area contributed by atoms with Crippen LogP contribution in [0, 0.1) is 0 Å². The topological polar surface area (TPSA) is 32.3 Å². The number of benzene rings is 2. The van der Waals surface area contributed by atoms with E-state index in [9.17, 15) is 4.79 Å². The molecule has 108 valence electrons. The highest BCUT2D eigenvalue weighted by Gasteiger charge is 2.33. The Bertz CT molecular complexity index is 697. The van der Waals surface area contributed by atoms with E-state index in [4.69, 9.17) is 11.6 Å². The fourth-order valence-corrected chi connectivity index (χ4v) is 2.88. The van der Waals surface area contributed by atoms with Gasteiger partial charge >= 0.3 is 0 Å². The third-order valence-electron chi connectivity index (χ3n) is 3.57. The number of anilines is 2. The minimum absolute atomic E-state index is 0.0670. The zero-order valence-electron chi connectivity index (χ0n) is 12.1. The van der Waals surface area contributed by atoms with Gasteiger partial charge in [0.25, 0.3) is 5.91 Å². The van der Waals surface area contributed by atoms with Crippen LogP contribution in [-0.4, -0.2) is 18.0 Å². The molecule has 1 aliphatic rings. The van der Waals surface area contributed by atoms with E-state index in [1.807, 2.05) is 36.4 Å². The summed E-state index contributed by atoms with van der Waals surface area (Å²) in [5.74, 6) is -0.0670. The first-order valence-electron chi connectivity index (χ1n) is 6.91. The maximum Gasteiger partial charge on any atom is 0.259 e. The lowest BCUT2D eigenvalue weighted by atomic mass is 9.98. The first-order chi connectivity index (χ1) is 9.98. The molecule has 0 aliphatic carbocycles. The van der Waals surface area contributed by atoms with Crippen LogP contribution in [0.4, 0.5) is 11.4 Å². The number of carbonyl (C=O) groups is 1. The first-order valence-corrected chi connectivity index (χ1v) is 7.29. The van der Waals surface area contributed by atoms with Gasteiger partial charge in [-0.05, 0) is 38.1 Å². The van der Waals surface area contributed by atoms with Gasteiger partial charge in [-0.3, -0.25) is 4.79 Å². The zero-order chi connectivity index (χ0) is 15.0. The number of fused-ring (bicyclic) bond motifs is 1. The van der Waals surface area contributed by atoms with Crippen molar-refractivity contribution in [3.05, 3.63) is 59.1 Å². The van der Waals surface area contributed by atoms with Gasteiger partial charge in [0.05, 0.1) is 22.0 Å². The second-order valence-corrected chi connectivity index (χ2v) is 6.30. The molecule has 0 aromatic heterocycles. The molecule has 0 radical (unpaired) electrons. The Kier molecular flexibility index (Phi) is 3.38. The van der Waals surface area contributed by atoms with Crippen LogP contribution in [0.5, 0.6) is 0 Å². The molecule has 0 spiro atoms. The van der Waals surface area contributed by atoms with E-state index in [0.717, 1.165) is 11.4 Å². The molecule has 0 bridgehead atoms. The summed E-state index contributed by atoms with van der Waals surface area (Å²) in [5.41, 5.74) is 2.20. The minimum atomic E-state index is -0.189. The van der Waals surface area contributed by atoms with Crippen molar-refractivity contribution in [2.24, 2.45) is 0 Å². The molecule has 0 unspecified atom stereocenters. The van der Waals surface area contributed by atoms with Crippen molar-refractivity contribution in [3.8, 4) is 0 Å². The van der Waals surface area contributed by atoms with E-state index < -0.39 is 0 Å². The summed E-state index contributed by atoms with van der Waals surface area (Å²) in [5, 5.41) is 3.94. The fraction of sp³-hybridized carbons (Fsp3) is 0.235. The summed E-state index contributed by atoms with van der Waals surface area (Å²) in [6, 6.07) is 15.0. The Hall–Kier alpha value is -2.00. The Labute approximate surface area is 129 Å². The summed E-state index contributed by atoms with van der Waals surface area (Å²) < 4.78 is 0. The van der Waals surface area contributed by atoms with E-state index in [1.54, 1.807) is 17.0 Å². The van der Waals surface area contributed by atoms with Crippen molar-refractivity contribution in [3.63, 3.8) is 0 Å². The fourth-order valence-electron chi connectivity index (χ4n) is 2.66. The second-order valence-electron chi connectivity index (χ2n) is 5.90. The number of hydrogen-bond acceptors (Lipinski definition) is 2. The Balaban J connectivity index is 2.06. The van der Waals surface area contributed by atoms with E-state index in [0.29, 0.717) is 17.1 Å². The van der Waals surface area contributed by atoms with Crippen molar-refractivity contribution in [2.75, 3.05) is 16.8 Å². The number of carbonyl (C=O) groups excluding carboxylic acids is 1. The van der Waals surface area contributed by atoms with Gasteiger partial charge in [0.2, 0.25) is 0 Å². The summed E-state index contributed by atoms with van der Waals surface area (Å²) in [6.07, 6.45) is 0. The highest BCUT2D eigenvalue weighted by Crippen LogP contribution is 2.35. The molecule has 3 rings (SSSR count). The van der Waals surface area contributed by atoms with E-state index in [2.05, 4.69) is 19.2 Å². The maximum atomic E-state index is 12.9. The average molecular weight is 301 g/mol. The lowest BCUT2D eigenvalue weighted by Gasteiger charge is -2.41. The Morgan fingerprint density at radius 1 is 1.14 bits per heavy atom. The van der Waals surface area contributed by atoms with Gasteiger partial charge in [-0.15, -0.1) is 0 Å². The Morgan fingerprint density at radius 2 is 1.81 bits per heavy atom. The summed E-state index contributed by atoms with van der Waals surface area (Å²) in [7, 11) is 0. The van der Waals surface area contributed by atoms with Gasteiger partial charge in [-0.25, -0.2) is 0 Å². The van der Waals surface area contributed by atoms with Gasteiger partial charge in [0.15, 0.2) is 0 Å². The van der Waals surface area contributed by atoms with E-state index in [-0.39, 0.29) is 11.4 Å². The molecule has 1 amide bonds. The SMILES string of the molecule is CC1(C)CN(C(=O)c2ccccc2Cl)c2ccccc2N1. The number of halogens is 1. The van der Waals surface area contributed by atoms with Crippen molar-refractivity contribution < 1.29 is 4.79 Å². The predicted octanol–water partition coefficient (Wildman–Crippen LogP) is 4.19. The number of nitrogens with zero attached hydrogens (tertiary/aromatic N) is 1.